The summed E-state index contributed by atoms with van der Waals surface area (Å²) in [6, 6.07) is 21.3. The van der Waals surface area contributed by atoms with Gasteiger partial charge in [0, 0.05) is 5.69 Å². The van der Waals surface area contributed by atoms with E-state index in [-0.39, 0.29) is 5.57 Å². The monoisotopic (exact) mass is 488 g/mol. The average molecular weight is 489 g/mol. The number of benzene rings is 3. The predicted molar refractivity (Wildman–Crippen MR) is 132 cm³/mol. The lowest BCUT2D eigenvalue weighted by Crippen LogP contribution is -2.13. The second-order valence-corrected chi connectivity index (χ2v) is 8.43. The first-order chi connectivity index (χ1) is 15.4. The van der Waals surface area contributed by atoms with Crippen LogP contribution in [0.4, 0.5) is 5.69 Å². The third kappa shape index (κ3) is 6.09. The van der Waals surface area contributed by atoms with Crippen LogP contribution in [0.5, 0.6) is 5.75 Å². The van der Waals surface area contributed by atoms with Crippen LogP contribution in [0, 0.1) is 25.2 Å². The van der Waals surface area contributed by atoms with Gasteiger partial charge in [-0.3, -0.25) is 4.79 Å². The average Bonchev–Trinajstić information content (AvgIpc) is 2.79. The molecule has 5 heteroatoms. The van der Waals surface area contributed by atoms with Crippen molar-refractivity contribution in [2.75, 3.05) is 5.32 Å². The third-order valence-electron chi connectivity index (χ3n) is 5.22. The van der Waals surface area contributed by atoms with Crippen molar-refractivity contribution in [3.63, 3.8) is 0 Å². The first kappa shape index (κ1) is 23.3. The zero-order valence-corrected chi connectivity index (χ0v) is 20.0. The highest BCUT2D eigenvalue weighted by Gasteiger charge is 2.11. The highest BCUT2D eigenvalue weighted by molar-refractivity contribution is 9.10. The Morgan fingerprint density at radius 1 is 1.03 bits per heavy atom. The zero-order chi connectivity index (χ0) is 23.1. The lowest BCUT2D eigenvalue weighted by atomic mass is 10.1. The van der Waals surface area contributed by atoms with Gasteiger partial charge in [0.05, 0.1) is 4.47 Å². The number of halogens is 1. The molecule has 0 aliphatic rings. The van der Waals surface area contributed by atoms with E-state index in [4.69, 9.17) is 4.74 Å². The Balaban J connectivity index is 1.69. The molecule has 0 radical (unpaired) electrons. The molecule has 0 aliphatic heterocycles. The van der Waals surface area contributed by atoms with Crippen molar-refractivity contribution in [1.82, 2.24) is 0 Å². The van der Waals surface area contributed by atoms with Crippen molar-refractivity contribution in [3.8, 4) is 11.8 Å². The normalized spacial score (nSPS) is 11.0. The van der Waals surface area contributed by atoms with Crippen LogP contribution in [0.1, 0.15) is 34.7 Å². The molecular formula is C27H25BrN2O2. The predicted octanol–water partition coefficient (Wildman–Crippen LogP) is 6.75. The van der Waals surface area contributed by atoms with Crippen molar-refractivity contribution in [2.45, 2.75) is 33.8 Å². The fraction of sp³-hybridized carbons (Fsp3) is 0.185. The minimum absolute atomic E-state index is 0.0280. The molecule has 0 spiro atoms. The van der Waals surface area contributed by atoms with Crippen molar-refractivity contribution < 1.29 is 9.53 Å². The van der Waals surface area contributed by atoms with Crippen LogP contribution in [0.25, 0.3) is 6.08 Å². The van der Waals surface area contributed by atoms with E-state index in [1.54, 1.807) is 6.08 Å². The molecule has 162 valence electrons. The summed E-state index contributed by atoms with van der Waals surface area (Å²) in [4.78, 5) is 12.5. The molecule has 0 bridgehead atoms. The summed E-state index contributed by atoms with van der Waals surface area (Å²) in [5.74, 6) is 0.252. The number of nitrogens with zero attached hydrogens (tertiary/aromatic N) is 1. The quantitative estimate of drug-likeness (QED) is 0.295. The maximum absolute atomic E-state index is 12.5. The number of nitriles is 1. The molecular weight excluding hydrogens is 464 g/mol. The summed E-state index contributed by atoms with van der Waals surface area (Å²) in [6.07, 6.45) is 2.49. The summed E-state index contributed by atoms with van der Waals surface area (Å²) in [5, 5.41) is 12.2. The molecule has 0 atom stereocenters. The Morgan fingerprint density at radius 3 is 2.38 bits per heavy atom. The topological polar surface area (TPSA) is 62.1 Å². The lowest BCUT2D eigenvalue weighted by molar-refractivity contribution is -0.112. The summed E-state index contributed by atoms with van der Waals surface area (Å²) in [6.45, 7) is 6.69. The Labute approximate surface area is 197 Å². The molecule has 32 heavy (non-hydrogen) atoms. The number of hydrogen-bond acceptors (Lipinski definition) is 3. The van der Waals surface area contributed by atoms with Crippen molar-refractivity contribution in [2.24, 2.45) is 0 Å². The molecule has 0 aliphatic carbocycles. The number of aryl methyl sites for hydroxylation is 3. The van der Waals surface area contributed by atoms with E-state index in [2.05, 4.69) is 60.2 Å². The first-order valence-electron chi connectivity index (χ1n) is 10.4. The van der Waals surface area contributed by atoms with Gasteiger partial charge in [0.15, 0.2) is 0 Å². The van der Waals surface area contributed by atoms with Crippen molar-refractivity contribution >= 4 is 33.6 Å². The number of hydrogen-bond donors (Lipinski definition) is 1. The summed E-state index contributed by atoms with van der Waals surface area (Å²) in [5.41, 5.74) is 6.17. The molecule has 0 saturated carbocycles. The minimum atomic E-state index is -0.442. The minimum Gasteiger partial charge on any atom is -0.488 e. The number of ether oxygens (including phenoxy) is 1. The SMILES string of the molecule is CCc1ccc(NC(=O)/C(C#N)=C/c2ccc(OCc3ccc(C)c(C)c3)c(Br)c2)cc1. The van der Waals surface area contributed by atoms with Crippen LogP contribution in [-0.2, 0) is 17.8 Å². The summed E-state index contributed by atoms with van der Waals surface area (Å²) >= 11 is 3.53. The molecule has 0 unspecified atom stereocenters. The Bertz CT molecular complexity index is 1190. The lowest BCUT2D eigenvalue weighted by Gasteiger charge is -2.10. The van der Waals surface area contributed by atoms with Gasteiger partial charge in [-0.15, -0.1) is 0 Å². The smallest absolute Gasteiger partial charge is 0.266 e. The van der Waals surface area contributed by atoms with Gasteiger partial charge in [-0.2, -0.15) is 5.26 Å². The Hall–Kier alpha value is -3.36. The van der Waals surface area contributed by atoms with Gasteiger partial charge in [-0.05, 0) is 94.4 Å². The van der Waals surface area contributed by atoms with Crippen LogP contribution >= 0.6 is 15.9 Å². The standard InChI is InChI=1S/C27H25BrN2O2/c1-4-20-7-10-24(11-8-20)30-27(31)23(16-29)14-21-9-12-26(25(28)15-21)32-17-22-6-5-18(2)19(3)13-22/h5-15H,4,17H2,1-3H3,(H,30,31)/b23-14+. The second-order valence-electron chi connectivity index (χ2n) is 7.57. The fourth-order valence-electron chi connectivity index (χ4n) is 3.12. The van der Waals surface area contributed by atoms with E-state index in [9.17, 15) is 10.1 Å². The van der Waals surface area contributed by atoms with Gasteiger partial charge < -0.3 is 10.1 Å². The maximum Gasteiger partial charge on any atom is 0.266 e. The van der Waals surface area contributed by atoms with E-state index in [1.807, 2.05) is 48.5 Å². The van der Waals surface area contributed by atoms with Crippen LogP contribution in [0.2, 0.25) is 0 Å². The fourth-order valence-corrected chi connectivity index (χ4v) is 3.63. The molecule has 0 saturated heterocycles. The maximum atomic E-state index is 12.5. The molecule has 0 heterocycles. The third-order valence-corrected chi connectivity index (χ3v) is 5.84. The molecule has 1 N–H and O–H groups in total. The Kier molecular flexibility index (Phi) is 7.86. The van der Waals surface area contributed by atoms with E-state index in [1.165, 1.54) is 16.7 Å². The van der Waals surface area contributed by atoms with Crippen molar-refractivity contribution in [3.05, 3.63) is 98.5 Å². The molecule has 0 fully saturated rings. The number of carbonyl (C=O) groups is 1. The van der Waals surface area contributed by atoms with Gasteiger partial charge in [0.25, 0.3) is 5.91 Å². The summed E-state index contributed by atoms with van der Waals surface area (Å²) < 4.78 is 6.69. The van der Waals surface area contributed by atoms with E-state index in [0.29, 0.717) is 18.0 Å². The van der Waals surface area contributed by atoms with E-state index in [0.717, 1.165) is 22.0 Å². The summed E-state index contributed by atoms with van der Waals surface area (Å²) in [7, 11) is 0. The van der Waals surface area contributed by atoms with E-state index < -0.39 is 5.91 Å². The molecule has 3 aromatic carbocycles. The van der Waals surface area contributed by atoms with Crippen molar-refractivity contribution in [1.29, 1.82) is 5.26 Å². The largest absolute Gasteiger partial charge is 0.488 e. The number of rotatable bonds is 7. The molecule has 3 aromatic rings. The zero-order valence-electron chi connectivity index (χ0n) is 18.4. The Morgan fingerprint density at radius 2 is 1.75 bits per heavy atom. The van der Waals surface area contributed by atoms with E-state index >= 15 is 0 Å². The second kappa shape index (κ2) is 10.8. The number of amides is 1. The number of anilines is 1. The van der Waals surface area contributed by atoms with Crippen LogP contribution < -0.4 is 10.1 Å². The molecule has 1 amide bonds. The number of nitrogens with one attached hydrogen (secondary N) is 1. The van der Waals surface area contributed by atoms with Gasteiger partial charge >= 0.3 is 0 Å². The van der Waals surface area contributed by atoms with Crippen LogP contribution in [0.15, 0.2) is 70.7 Å². The van der Waals surface area contributed by atoms with Gasteiger partial charge in [0.1, 0.15) is 24.0 Å². The van der Waals surface area contributed by atoms with Gasteiger partial charge in [0.2, 0.25) is 0 Å². The van der Waals surface area contributed by atoms with Crippen LogP contribution in [0.3, 0.4) is 0 Å². The highest BCUT2D eigenvalue weighted by atomic mass is 79.9. The molecule has 3 rings (SSSR count). The van der Waals surface area contributed by atoms with Crippen LogP contribution in [-0.4, -0.2) is 5.91 Å². The van der Waals surface area contributed by atoms with Gasteiger partial charge in [-0.25, -0.2) is 0 Å². The number of carbonyl (C=O) groups excluding carboxylic acids is 1. The highest BCUT2D eigenvalue weighted by Crippen LogP contribution is 2.28. The molecule has 4 nitrogen and oxygen atoms in total. The molecule has 0 aromatic heterocycles. The van der Waals surface area contributed by atoms with Gasteiger partial charge in [-0.1, -0.05) is 43.3 Å². The first-order valence-corrected chi connectivity index (χ1v) is 11.2.